The molecule has 1 aromatic rings. The van der Waals surface area contributed by atoms with Gasteiger partial charge >= 0.3 is 17.9 Å². The molecule has 7 nitrogen and oxygen atoms in total. The number of rotatable bonds is 5. The van der Waals surface area contributed by atoms with E-state index in [1.54, 1.807) is 11.8 Å². The zero-order valence-electron chi connectivity index (χ0n) is 16.3. The molecular formula is C20H29N3O4. The average molecular weight is 375 g/mol. The second-order valence-electron chi connectivity index (χ2n) is 6.78. The molecule has 1 atom stereocenters. The topological polar surface area (TPSA) is 87.7 Å². The van der Waals surface area contributed by atoms with Gasteiger partial charge in [-0.15, -0.1) is 0 Å². The molecule has 148 valence electrons. The summed E-state index contributed by atoms with van der Waals surface area (Å²) in [4.78, 5) is 37.9. The molecule has 1 aromatic carbocycles. The van der Waals surface area contributed by atoms with E-state index >= 15 is 0 Å². The number of piperidine rings is 1. The lowest BCUT2D eigenvalue weighted by atomic mass is 9.97. The molecule has 2 N–H and O–H groups in total. The van der Waals surface area contributed by atoms with Crippen LogP contribution in [-0.4, -0.2) is 48.5 Å². The molecule has 2 rings (SSSR count). The lowest BCUT2D eigenvalue weighted by molar-refractivity contribution is -0.136. The molecule has 27 heavy (non-hydrogen) atoms. The molecule has 0 aliphatic carbocycles. The Labute approximate surface area is 160 Å². The summed E-state index contributed by atoms with van der Waals surface area (Å²) in [7, 11) is 0. The first-order valence-electron chi connectivity index (χ1n) is 9.58. The van der Waals surface area contributed by atoms with Crippen LogP contribution in [0.4, 0.5) is 10.5 Å². The summed E-state index contributed by atoms with van der Waals surface area (Å²) in [6, 6.07) is 7.41. The third-order valence-corrected chi connectivity index (χ3v) is 4.91. The number of nitrogens with zero attached hydrogens (tertiary/aromatic N) is 1. The minimum absolute atomic E-state index is 0.126. The molecule has 1 saturated heterocycles. The number of amides is 3. The predicted molar refractivity (Wildman–Crippen MR) is 104 cm³/mol. The maximum atomic E-state index is 12.3. The Kier molecular flexibility index (Phi) is 7.64. The van der Waals surface area contributed by atoms with E-state index in [1.165, 1.54) is 0 Å². The highest BCUT2D eigenvalue weighted by molar-refractivity contribution is 6.39. The van der Waals surface area contributed by atoms with E-state index in [0.29, 0.717) is 38.2 Å². The number of carbonyl (C=O) groups excluding carboxylic acids is 3. The van der Waals surface area contributed by atoms with Gasteiger partial charge in [-0.05, 0) is 43.7 Å². The van der Waals surface area contributed by atoms with Crippen LogP contribution >= 0.6 is 0 Å². The average Bonchev–Trinajstić information content (AvgIpc) is 2.68. The maximum Gasteiger partial charge on any atom is 0.409 e. The zero-order chi connectivity index (χ0) is 19.8. The number of carbonyl (C=O) groups is 3. The summed E-state index contributed by atoms with van der Waals surface area (Å²) in [5.74, 6) is -1.03. The number of benzene rings is 1. The first-order valence-corrected chi connectivity index (χ1v) is 9.58. The van der Waals surface area contributed by atoms with Crippen molar-refractivity contribution in [1.82, 2.24) is 10.2 Å². The molecule has 3 amide bonds. The van der Waals surface area contributed by atoms with Crippen molar-refractivity contribution < 1.29 is 19.1 Å². The van der Waals surface area contributed by atoms with E-state index in [4.69, 9.17) is 4.74 Å². The monoisotopic (exact) mass is 375 g/mol. The highest BCUT2D eigenvalue weighted by atomic mass is 16.6. The van der Waals surface area contributed by atoms with Crippen molar-refractivity contribution in [3.05, 3.63) is 29.8 Å². The third-order valence-electron chi connectivity index (χ3n) is 4.91. The largest absolute Gasteiger partial charge is 0.450 e. The Balaban J connectivity index is 1.87. The normalized spacial score (nSPS) is 15.7. The Bertz CT molecular complexity index is 669. The van der Waals surface area contributed by atoms with Crippen molar-refractivity contribution in [3.63, 3.8) is 0 Å². The van der Waals surface area contributed by atoms with Gasteiger partial charge in [0.05, 0.1) is 6.61 Å². The van der Waals surface area contributed by atoms with Gasteiger partial charge in [0.1, 0.15) is 0 Å². The molecule has 7 heteroatoms. The lowest BCUT2D eigenvalue weighted by Gasteiger charge is -2.31. The van der Waals surface area contributed by atoms with Gasteiger partial charge in [-0.1, -0.05) is 32.0 Å². The molecule has 0 spiro atoms. The second-order valence-corrected chi connectivity index (χ2v) is 6.78. The maximum absolute atomic E-state index is 12.3. The van der Waals surface area contributed by atoms with Crippen LogP contribution in [-0.2, 0) is 14.3 Å². The van der Waals surface area contributed by atoms with E-state index in [0.717, 1.165) is 12.0 Å². The molecule has 1 unspecified atom stereocenters. The fourth-order valence-corrected chi connectivity index (χ4v) is 3.11. The molecule has 0 bridgehead atoms. The van der Waals surface area contributed by atoms with Crippen LogP contribution in [0.2, 0.25) is 0 Å². The summed E-state index contributed by atoms with van der Waals surface area (Å²) in [6.07, 6.45) is 1.81. The van der Waals surface area contributed by atoms with Crippen molar-refractivity contribution in [2.75, 3.05) is 25.0 Å². The van der Waals surface area contributed by atoms with Crippen LogP contribution in [0, 0.1) is 0 Å². The van der Waals surface area contributed by atoms with Gasteiger partial charge in [0.15, 0.2) is 0 Å². The number of hydrogen-bond acceptors (Lipinski definition) is 4. The summed E-state index contributed by atoms with van der Waals surface area (Å²) in [5, 5.41) is 5.49. The van der Waals surface area contributed by atoms with Crippen molar-refractivity contribution >= 4 is 23.6 Å². The second kappa shape index (κ2) is 9.94. The fraction of sp³-hybridized carbons (Fsp3) is 0.550. The third kappa shape index (κ3) is 5.70. The van der Waals surface area contributed by atoms with Gasteiger partial charge in [-0.2, -0.15) is 0 Å². The Morgan fingerprint density at radius 1 is 1.15 bits per heavy atom. The SMILES string of the molecule is CCOC(=O)N1CCC(NC(=O)C(=O)Nc2ccccc2C(C)CC)CC1. The van der Waals surface area contributed by atoms with Crippen LogP contribution in [0.15, 0.2) is 24.3 Å². The van der Waals surface area contributed by atoms with Crippen molar-refractivity contribution in [1.29, 1.82) is 0 Å². The number of anilines is 1. The number of para-hydroxylation sites is 1. The Morgan fingerprint density at radius 3 is 2.44 bits per heavy atom. The Morgan fingerprint density at radius 2 is 1.81 bits per heavy atom. The van der Waals surface area contributed by atoms with Crippen molar-refractivity contribution in [3.8, 4) is 0 Å². The number of hydrogen-bond donors (Lipinski definition) is 2. The van der Waals surface area contributed by atoms with Crippen molar-refractivity contribution in [2.24, 2.45) is 0 Å². The van der Waals surface area contributed by atoms with E-state index in [1.807, 2.05) is 24.3 Å². The van der Waals surface area contributed by atoms with Gasteiger partial charge in [0, 0.05) is 24.8 Å². The van der Waals surface area contributed by atoms with Crippen LogP contribution in [0.5, 0.6) is 0 Å². The molecule has 1 aliphatic rings. The number of ether oxygens (including phenoxy) is 1. The standard InChI is InChI=1S/C20H29N3O4/c1-4-14(3)16-8-6-7-9-17(16)22-19(25)18(24)21-15-10-12-23(13-11-15)20(26)27-5-2/h6-9,14-15H,4-5,10-13H2,1-3H3,(H,21,24)(H,22,25). The van der Waals surface area contributed by atoms with Crippen molar-refractivity contribution in [2.45, 2.75) is 52.0 Å². The number of likely N-dealkylation sites (tertiary alicyclic amines) is 1. The highest BCUT2D eigenvalue weighted by Crippen LogP contribution is 2.26. The quantitative estimate of drug-likeness (QED) is 0.775. The van der Waals surface area contributed by atoms with E-state index in [2.05, 4.69) is 24.5 Å². The van der Waals surface area contributed by atoms with Crippen LogP contribution in [0.1, 0.15) is 51.5 Å². The minimum Gasteiger partial charge on any atom is -0.450 e. The molecule has 0 radical (unpaired) electrons. The van der Waals surface area contributed by atoms with Crippen LogP contribution < -0.4 is 10.6 Å². The summed E-state index contributed by atoms with van der Waals surface area (Å²) in [6.45, 7) is 7.28. The molecule has 0 saturated carbocycles. The summed E-state index contributed by atoms with van der Waals surface area (Å²) < 4.78 is 4.98. The Hall–Kier alpha value is -2.57. The van der Waals surface area contributed by atoms with Gasteiger partial charge in [0.25, 0.3) is 0 Å². The first kappa shape index (κ1) is 20.7. The molecule has 0 aromatic heterocycles. The zero-order valence-corrected chi connectivity index (χ0v) is 16.3. The minimum atomic E-state index is -0.668. The summed E-state index contributed by atoms with van der Waals surface area (Å²) in [5.41, 5.74) is 1.69. The lowest BCUT2D eigenvalue weighted by Crippen LogP contribution is -2.49. The molecular weight excluding hydrogens is 346 g/mol. The van der Waals surface area contributed by atoms with Crippen LogP contribution in [0.25, 0.3) is 0 Å². The predicted octanol–water partition coefficient (Wildman–Crippen LogP) is 2.88. The highest BCUT2D eigenvalue weighted by Gasteiger charge is 2.26. The van der Waals surface area contributed by atoms with E-state index in [-0.39, 0.29) is 18.1 Å². The van der Waals surface area contributed by atoms with Gasteiger partial charge in [-0.3, -0.25) is 9.59 Å². The smallest absolute Gasteiger partial charge is 0.409 e. The fourth-order valence-electron chi connectivity index (χ4n) is 3.11. The van der Waals surface area contributed by atoms with Crippen LogP contribution in [0.3, 0.4) is 0 Å². The summed E-state index contributed by atoms with van der Waals surface area (Å²) >= 11 is 0. The van der Waals surface area contributed by atoms with Gasteiger partial charge < -0.3 is 20.3 Å². The van der Waals surface area contributed by atoms with Gasteiger partial charge in [0.2, 0.25) is 0 Å². The molecule has 1 aliphatic heterocycles. The van der Waals surface area contributed by atoms with Gasteiger partial charge in [-0.25, -0.2) is 4.79 Å². The number of nitrogens with one attached hydrogen (secondary N) is 2. The molecule has 1 heterocycles. The molecule has 1 fully saturated rings. The first-order chi connectivity index (χ1) is 13.0. The van der Waals surface area contributed by atoms with E-state index in [9.17, 15) is 14.4 Å². The van der Waals surface area contributed by atoms with E-state index < -0.39 is 11.8 Å².